The van der Waals surface area contributed by atoms with Gasteiger partial charge in [0, 0.05) is 29.9 Å². The van der Waals surface area contributed by atoms with E-state index in [0.29, 0.717) is 19.0 Å². The number of aryl methyl sites for hydroxylation is 1. The molecule has 0 spiro atoms. The van der Waals surface area contributed by atoms with Crippen LogP contribution in [-0.2, 0) is 17.9 Å². The molecule has 3 aromatic rings. The van der Waals surface area contributed by atoms with E-state index in [1.165, 1.54) is 0 Å². The highest BCUT2D eigenvalue weighted by Crippen LogP contribution is 2.29. The smallest absolute Gasteiger partial charge is 0.264 e. The third-order valence-electron chi connectivity index (χ3n) is 4.49. The highest BCUT2D eigenvalue weighted by molar-refractivity contribution is 5.85. The molecule has 5 nitrogen and oxygen atoms in total. The summed E-state index contributed by atoms with van der Waals surface area (Å²) in [5, 5.41) is 1.06. The Bertz CT molecular complexity index is 940. The van der Waals surface area contributed by atoms with Crippen molar-refractivity contribution in [1.29, 1.82) is 0 Å². The maximum Gasteiger partial charge on any atom is 0.264 e. The van der Waals surface area contributed by atoms with Crippen LogP contribution in [0.5, 0.6) is 5.88 Å². The van der Waals surface area contributed by atoms with Gasteiger partial charge in [-0.15, -0.1) is 0 Å². The summed E-state index contributed by atoms with van der Waals surface area (Å²) in [7, 11) is 0. The van der Waals surface area contributed by atoms with Gasteiger partial charge in [-0.1, -0.05) is 24.3 Å². The molecule has 3 heterocycles. The first kappa shape index (κ1) is 15.6. The lowest BCUT2D eigenvalue weighted by Gasteiger charge is -2.22. The number of nitrogens with zero attached hydrogens (tertiary/aromatic N) is 3. The minimum absolute atomic E-state index is 0.0392. The molecule has 0 aliphatic carbocycles. The number of para-hydroxylation sites is 1. The molecule has 2 aromatic heterocycles. The van der Waals surface area contributed by atoms with E-state index in [9.17, 15) is 4.79 Å². The van der Waals surface area contributed by atoms with Gasteiger partial charge in [-0.3, -0.25) is 9.78 Å². The van der Waals surface area contributed by atoms with E-state index in [1.54, 1.807) is 24.2 Å². The fourth-order valence-electron chi connectivity index (χ4n) is 3.19. The van der Waals surface area contributed by atoms with Crippen LogP contribution in [0.15, 0.2) is 48.8 Å². The normalized spacial score (nSPS) is 17.1. The highest BCUT2D eigenvalue weighted by atomic mass is 16.5. The first-order chi connectivity index (χ1) is 12.1. The predicted molar refractivity (Wildman–Crippen MR) is 95.1 cm³/mol. The van der Waals surface area contributed by atoms with Crippen molar-refractivity contribution in [3.8, 4) is 5.88 Å². The Morgan fingerprint density at radius 2 is 2.16 bits per heavy atom. The summed E-state index contributed by atoms with van der Waals surface area (Å²) in [5.74, 6) is 0.513. The van der Waals surface area contributed by atoms with Crippen molar-refractivity contribution in [3.05, 3.63) is 65.5 Å². The second-order valence-corrected chi connectivity index (χ2v) is 6.41. The number of benzene rings is 1. The SMILES string of the molecule is Cc1cccc2cc3c(nc12)O[C@H](C)C(=O)N(Cc1cccnc1)C3. The van der Waals surface area contributed by atoms with Crippen molar-refractivity contribution < 1.29 is 9.53 Å². The average Bonchev–Trinajstić information content (AvgIpc) is 2.72. The van der Waals surface area contributed by atoms with Crippen molar-refractivity contribution in [1.82, 2.24) is 14.9 Å². The summed E-state index contributed by atoms with van der Waals surface area (Å²) in [5.41, 5.74) is 3.94. The molecule has 0 unspecified atom stereocenters. The molecule has 0 radical (unpaired) electrons. The largest absolute Gasteiger partial charge is 0.464 e. The van der Waals surface area contributed by atoms with E-state index >= 15 is 0 Å². The second-order valence-electron chi connectivity index (χ2n) is 6.41. The molecule has 1 aromatic carbocycles. The van der Waals surface area contributed by atoms with E-state index in [4.69, 9.17) is 4.74 Å². The summed E-state index contributed by atoms with van der Waals surface area (Å²) < 4.78 is 5.88. The van der Waals surface area contributed by atoms with Crippen LogP contribution in [0.25, 0.3) is 10.9 Å². The molecule has 1 aliphatic heterocycles. The Morgan fingerprint density at radius 3 is 2.96 bits per heavy atom. The lowest BCUT2D eigenvalue weighted by atomic mass is 10.1. The van der Waals surface area contributed by atoms with Crippen LogP contribution in [0.2, 0.25) is 0 Å². The molecule has 0 bridgehead atoms. The molecule has 1 atom stereocenters. The summed E-state index contributed by atoms with van der Waals surface area (Å²) in [6, 6.07) is 12.0. The van der Waals surface area contributed by atoms with Gasteiger partial charge < -0.3 is 9.64 Å². The van der Waals surface area contributed by atoms with Gasteiger partial charge in [0.1, 0.15) is 0 Å². The number of fused-ring (bicyclic) bond motifs is 2. The minimum atomic E-state index is -0.563. The maximum atomic E-state index is 12.7. The molecular formula is C20H19N3O2. The first-order valence-electron chi connectivity index (χ1n) is 8.35. The van der Waals surface area contributed by atoms with Gasteiger partial charge in [-0.05, 0) is 37.1 Å². The molecule has 25 heavy (non-hydrogen) atoms. The van der Waals surface area contributed by atoms with E-state index in [1.807, 2.05) is 37.3 Å². The van der Waals surface area contributed by atoms with Gasteiger partial charge in [0.15, 0.2) is 6.10 Å². The summed E-state index contributed by atoms with van der Waals surface area (Å²) in [4.78, 5) is 23.4. The van der Waals surface area contributed by atoms with Crippen molar-refractivity contribution in [2.45, 2.75) is 33.0 Å². The van der Waals surface area contributed by atoms with Gasteiger partial charge in [-0.25, -0.2) is 4.98 Å². The maximum absolute atomic E-state index is 12.7. The number of pyridine rings is 2. The van der Waals surface area contributed by atoms with E-state index < -0.39 is 6.10 Å². The Kier molecular flexibility index (Phi) is 3.84. The minimum Gasteiger partial charge on any atom is -0.464 e. The average molecular weight is 333 g/mol. The Morgan fingerprint density at radius 1 is 1.28 bits per heavy atom. The number of carbonyl (C=O) groups excluding carboxylic acids is 1. The van der Waals surface area contributed by atoms with Crippen LogP contribution in [0.4, 0.5) is 0 Å². The van der Waals surface area contributed by atoms with Gasteiger partial charge in [-0.2, -0.15) is 0 Å². The molecule has 1 amide bonds. The zero-order valence-corrected chi connectivity index (χ0v) is 14.3. The number of amides is 1. The van der Waals surface area contributed by atoms with E-state index in [-0.39, 0.29) is 5.91 Å². The number of hydrogen-bond donors (Lipinski definition) is 0. The molecular weight excluding hydrogens is 314 g/mol. The van der Waals surface area contributed by atoms with Gasteiger partial charge in [0.2, 0.25) is 5.88 Å². The van der Waals surface area contributed by atoms with Gasteiger partial charge >= 0.3 is 0 Å². The lowest BCUT2D eigenvalue weighted by Crippen LogP contribution is -2.37. The third-order valence-corrected chi connectivity index (χ3v) is 4.49. The number of ether oxygens (including phenoxy) is 1. The second kappa shape index (κ2) is 6.16. The summed E-state index contributed by atoms with van der Waals surface area (Å²) in [6.45, 7) is 4.79. The molecule has 0 N–H and O–H groups in total. The first-order valence-corrected chi connectivity index (χ1v) is 8.35. The molecule has 0 saturated heterocycles. The zero-order valence-electron chi connectivity index (χ0n) is 14.3. The zero-order chi connectivity index (χ0) is 17.4. The van der Waals surface area contributed by atoms with E-state index in [0.717, 1.165) is 27.6 Å². The Balaban J connectivity index is 1.75. The van der Waals surface area contributed by atoms with Crippen LogP contribution >= 0.6 is 0 Å². The highest BCUT2D eigenvalue weighted by Gasteiger charge is 2.29. The third kappa shape index (κ3) is 2.93. The molecule has 1 aliphatic rings. The molecule has 126 valence electrons. The molecule has 0 saturated carbocycles. The van der Waals surface area contributed by atoms with Crippen molar-refractivity contribution >= 4 is 16.8 Å². The van der Waals surface area contributed by atoms with Crippen LogP contribution in [0.3, 0.4) is 0 Å². The summed E-state index contributed by atoms with van der Waals surface area (Å²) >= 11 is 0. The van der Waals surface area contributed by atoms with Crippen LogP contribution < -0.4 is 4.74 Å². The van der Waals surface area contributed by atoms with Crippen LogP contribution in [0.1, 0.15) is 23.6 Å². The monoisotopic (exact) mass is 333 g/mol. The number of hydrogen-bond acceptors (Lipinski definition) is 4. The fraction of sp³-hybridized carbons (Fsp3) is 0.250. The molecule has 0 fully saturated rings. The number of rotatable bonds is 2. The number of aromatic nitrogens is 2. The Labute approximate surface area is 146 Å². The van der Waals surface area contributed by atoms with Crippen LogP contribution in [0, 0.1) is 6.92 Å². The van der Waals surface area contributed by atoms with Crippen molar-refractivity contribution in [3.63, 3.8) is 0 Å². The van der Waals surface area contributed by atoms with Crippen molar-refractivity contribution in [2.75, 3.05) is 0 Å². The fourth-order valence-corrected chi connectivity index (χ4v) is 3.19. The predicted octanol–water partition coefficient (Wildman–Crippen LogP) is 3.25. The quantitative estimate of drug-likeness (QED) is 0.722. The Hall–Kier alpha value is -2.95. The lowest BCUT2D eigenvalue weighted by molar-refractivity contribution is -0.138. The van der Waals surface area contributed by atoms with E-state index in [2.05, 4.69) is 16.0 Å². The topological polar surface area (TPSA) is 55.3 Å². The van der Waals surface area contributed by atoms with Gasteiger partial charge in [0.05, 0.1) is 12.1 Å². The standard InChI is InChI=1S/C20H19N3O2/c1-13-5-3-7-16-9-17-12-23(11-15-6-4-8-21-10-15)20(24)14(2)25-19(17)22-18(13)16/h3-10,14H,11-12H2,1-2H3/t14-/m1/s1. The molecule has 5 heteroatoms. The summed E-state index contributed by atoms with van der Waals surface area (Å²) in [6.07, 6.45) is 2.95. The van der Waals surface area contributed by atoms with Gasteiger partial charge in [0.25, 0.3) is 5.91 Å². The molecule has 4 rings (SSSR count). The number of carbonyl (C=O) groups is 1. The van der Waals surface area contributed by atoms with Crippen LogP contribution in [-0.4, -0.2) is 26.9 Å². The van der Waals surface area contributed by atoms with Crippen molar-refractivity contribution in [2.24, 2.45) is 0 Å².